The second-order valence-corrected chi connectivity index (χ2v) is 9.92. The van der Waals surface area contributed by atoms with E-state index in [0.717, 1.165) is 30.3 Å². The Kier molecular flexibility index (Phi) is 6.41. The van der Waals surface area contributed by atoms with Gasteiger partial charge in [-0.1, -0.05) is 13.0 Å². The number of hydrogen-bond acceptors (Lipinski definition) is 6. The molecule has 192 valence electrons. The summed E-state index contributed by atoms with van der Waals surface area (Å²) in [6.07, 6.45) is 6.68. The summed E-state index contributed by atoms with van der Waals surface area (Å²) in [4.78, 5) is 28.4. The average Bonchev–Trinajstić information content (AvgIpc) is 3.34. The average molecular weight is 538 g/mol. The van der Waals surface area contributed by atoms with Gasteiger partial charge in [-0.3, -0.25) is 9.52 Å². The molecular formula is C26H18F3N5O3S. The summed E-state index contributed by atoms with van der Waals surface area (Å²) in [6.45, 7) is 1.92. The number of rotatable bonds is 7. The summed E-state index contributed by atoms with van der Waals surface area (Å²) in [5.41, 5.74) is -0.221. The maximum absolute atomic E-state index is 15.4. The quantitative estimate of drug-likeness (QED) is 0.281. The number of pyridine rings is 1. The smallest absolute Gasteiger partial charge is 0.262 e. The summed E-state index contributed by atoms with van der Waals surface area (Å²) in [5, 5.41) is 0.289. The summed E-state index contributed by atoms with van der Waals surface area (Å²) < 4.78 is 70.9. The van der Waals surface area contributed by atoms with Gasteiger partial charge in [-0.25, -0.2) is 36.5 Å². The molecule has 5 aromatic rings. The zero-order valence-corrected chi connectivity index (χ0v) is 20.5. The van der Waals surface area contributed by atoms with E-state index < -0.39 is 49.4 Å². The Labute approximate surface area is 214 Å². The van der Waals surface area contributed by atoms with Crippen LogP contribution < -0.4 is 4.72 Å². The van der Waals surface area contributed by atoms with Crippen LogP contribution in [0.25, 0.3) is 22.2 Å². The van der Waals surface area contributed by atoms with Gasteiger partial charge in [-0.05, 0) is 36.4 Å². The lowest BCUT2D eigenvalue weighted by molar-refractivity contribution is 0.103. The van der Waals surface area contributed by atoms with Crippen molar-refractivity contribution in [3.05, 3.63) is 102 Å². The third kappa shape index (κ3) is 4.61. The molecule has 0 aliphatic carbocycles. The van der Waals surface area contributed by atoms with Crippen LogP contribution in [0.2, 0.25) is 0 Å². The number of anilines is 1. The molecule has 0 saturated heterocycles. The third-order valence-corrected chi connectivity index (χ3v) is 7.16. The molecule has 0 amide bonds. The minimum Gasteiger partial charge on any atom is -0.345 e. The number of nitrogens with one attached hydrogen (secondary N) is 2. The van der Waals surface area contributed by atoms with Crippen molar-refractivity contribution in [3.63, 3.8) is 0 Å². The Bertz CT molecular complexity index is 1810. The predicted octanol–water partition coefficient (Wildman–Crippen LogP) is 5.03. The number of halogens is 3. The van der Waals surface area contributed by atoms with Crippen LogP contribution in [-0.2, 0) is 16.4 Å². The van der Waals surface area contributed by atoms with E-state index in [2.05, 4.69) is 19.9 Å². The van der Waals surface area contributed by atoms with Gasteiger partial charge in [0, 0.05) is 53.3 Å². The zero-order chi connectivity index (χ0) is 27.0. The first-order valence-electron chi connectivity index (χ1n) is 11.3. The monoisotopic (exact) mass is 537 g/mol. The first kappa shape index (κ1) is 25.1. The number of aromatic nitrogens is 4. The van der Waals surface area contributed by atoms with Crippen LogP contribution >= 0.6 is 0 Å². The first-order valence-corrected chi connectivity index (χ1v) is 12.8. The molecule has 0 radical (unpaired) electrons. The molecule has 2 N–H and O–H groups in total. The van der Waals surface area contributed by atoms with E-state index in [1.165, 1.54) is 12.3 Å². The fourth-order valence-electron chi connectivity index (χ4n) is 3.85. The molecule has 0 aliphatic heterocycles. The van der Waals surface area contributed by atoms with Crippen molar-refractivity contribution in [1.82, 2.24) is 19.9 Å². The van der Waals surface area contributed by atoms with Crippen molar-refractivity contribution in [3.8, 4) is 11.1 Å². The van der Waals surface area contributed by atoms with E-state index in [1.807, 2.05) is 11.6 Å². The minimum absolute atomic E-state index is 0.0802. The van der Waals surface area contributed by atoms with Gasteiger partial charge in [0.2, 0.25) is 5.78 Å². The number of carbonyl (C=O) groups is 1. The summed E-state index contributed by atoms with van der Waals surface area (Å²) in [7, 11) is -4.44. The van der Waals surface area contributed by atoms with Crippen molar-refractivity contribution >= 4 is 32.5 Å². The normalized spacial score (nSPS) is 11.6. The number of carbonyl (C=O) groups excluding carboxylic acids is 1. The molecule has 0 unspecified atom stereocenters. The number of sulfonamides is 1. The molecule has 8 nitrogen and oxygen atoms in total. The number of benzene rings is 2. The summed E-state index contributed by atoms with van der Waals surface area (Å²) in [5.74, 6) is -3.81. The van der Waals surface area contributed by atoms with Crippen LogP contribution in [0.15, 0.2) is 72.1 Å². The SMILES string of the molecule is CCc1ncc(-c2cnc3[nH]cc(C(=O)c4c(F)ccc(NS(=O)(=O)c5cccc(F)c5)c4F)c3c2)cn1. The Morgan fingerprint density at radius 2 is 1.71 bits per heavy atom. The highest BCUT2D eigenvalue weighted by atomic mass is 32.2. The van der Waals surface area contributed by atoms with Crippen LogP contribution in [0.1, 0.15) is 28.7 Å². The summed E-state index contributed by atoms with van der Waals surface area (Å²) in [6, 6.07) is 7.29. The lowest BCUT2D eigenvalue weighted by Gasteiger charge is -2.12. The minimum atomic E-state index is -4.44. The van der Waals surface area contributed by atoms with Crippen LogP contribution in [0.5, 0.6) is 0 Å². The van der Waals surface area contributed by atoms with Gasteiger partial charge in [-0.15, -0.1) is 0 Å². The van der Waals surface area contributed by atoms with Crippen LogP contribution in [0.3, 0.4) is 0 Å². The Morgan fingerprint density at radius 3 is 2.42 bits per heavy atom. The topological polar surface area (TPSA) is 118 Å². The van der Waals surface area contributed by atoms with E-state index in [9.17, 15) is 22.0 Å². The Hall–Kier alpha value is -4.58. The van der Waals surface area contributed by atoms with Gasteiger partial charge in [0.15, 0.2) is 5.82 Å². The molecule has 12 heteroatoms. The van der Waals surface area contributed by atoms with E-state index in [-0.39, 0.29) is 10.9 Å². The van der Waals surface area contributed by atoms with Crippen molar-refractivity contribution in [2.45, 2.75) is 18.2 Å². The highest BCUT2D eigenvalue weighted by Gasteiger charge is 2.26. The number of H-pyrrole nitrogens is 1. The van der Waals surface area contributed by atoms with E-state index in [4.69, 9.17) is 0 Å². The lowest BCUT2D eigenvalue weighted by atomic mass is 10.0. The molecular weight excluding hydrogens is 519 g/mol. The molecule has 0 saturated carbocycles. The number of ketones is 1. The fourth-order valence-corrected chi connectivity index (χ4v) is 4.94. The number of aryl methyl sites for hydroxylation is 1. The van der Waals surface area contributed by atoms with E-state index in [1.54, 1.807) is 24.7 Å². The molecule has 38 heavy (non-hydrogen) atoms. The van der Waals surface area contributed by atoms with Gasteiger partial charge in [0.05, 0.1) is 16.1 Å². The number of fused-ring (bicyclic) bond motifs is 1. The van der Waals surface area contributed by atoms with E-state index in [0.29, 0.717) is 29.0 Å². The molecule has 3 heterocycles. The molecule has 0 atom stereocenters. The van der Waals surface area contributed by atoms with Crippen LogP contribution in [0, 0.1) is 17.5 Å². The largest absolute Gasteiger partial charge is 0.345 e. The van der Waals surface area contributed by atoms with Crippen molar-refractivity contribution in [1.29, 1.82) is 0 Å². The number of hydrogen-bond donors (Lipinski definition) is 2. The molecule has 0 spiro atoms. The second-order valence-electron chi connectivity index (χ2n) is 8.24. The standard InChI is InChI=1S/C26H18F3N5O3S/c1-2-22-30-11-15(12-31-22)14-8-18-19(13-33-26(18)32-10-14)25(35)23-20(28)6-7-21(24(23)29)34-38(36,37)17-5-3-4-16(27)9-17/h3-13,34H,2H2,1H3,(H,32,33). The molecule has 0 fully saturated rings. The predicted molar refractivity (Wildman–Crippen MR) is 133 cm³/mol. The molecule has 3 aromatic heterocycles. The van der Waals surface area contributed by atoms with Crippen molar-refractivity contribution in [2.24, 2.45) is 0 Å². The van der Waals surface area contributed by atoms with Gasteiger partial charge in [0.25, 0.3) is 10.0 Å². The second kappa shape index (κ2) is 9.71. The van der Waals surface area contributed by atoms with Crippen molar-refractivity contribution in [2.75, 3.05) is 4.72 Å². The Balaban J connectivity index is 1.53. The third-order valence-electron chi connectivity index (χ3n) is 5.80. The zero-order valence-electron chi connectivity index (χ0n) is 19.7. The number of aromatic amines is 1. The van der Waals surface area contributed by atoms with Gasteiger partial charge < -0.3 is 4.98 Å². The molecule has 5 rings (SSSR count). The highest BCUT2D eigenvalue weighted by molar-refractivity contribution is 7.92. The van der Waals surface area contributed by atoms with Gasteiger partial charge in [-0.2, -0.15) is 0 Å². The van der Waals surface area contributed by atoms with Crippen LogP contribution in [0.4, 0.5) is 18.9 Å². The Morgan fingerprint density at radius 1 is 0.974 bits per heavy atom. The van der Waals surface area contributed by atoms with Gasteiger partial charge in [0.1, 0.15) is 23.1 Å². The van der Waals surface area contributed by atoms with E-state index >= 15 is 4.39 Å². The molecule has 2 aromatic carbocycles. The number of nitrogens with zero attached hydrogens (tertiary/aromatic N) is 3. The van der Waals surface area contributed by atoms with Crippen LogP contribution in [-0.4, -0.2) is 34.1 Å². The van der Waals surface area contributed by atoms with Crippen molar-refractivity contribution < 1.29 is 26.4 Å². The fraction of sp³-hybridized carbons (Fsp3) is 0.0769. The summed E-state index contributed by atoms with van der Waals surface area (Å²) >= 11 is 0. The maximum Gasteiger partial charge on any atom is 0.262 e. The van der Waals surface area contributed by atoms with Gasteiger partial charge >= 0.3 is 0 Å². The highest BCUT2D eigenvalue weighted by Crippen LogP contribution is 2.30. The molecule has 0 aliphatic rings. The lowest BCUT2D eigenvalue weighted by Crippen LogP contribution is -2.16. The maximum atomic E-state index is 15.4. The molecule has 0 bridgehead atoms. The first-order chi connectivity index (χ1) is 18.2.